The summed E-state index contributed by atoms with van der Waals surface area (Å²) in [6, 6.07) is 6.98. The summed E-state index contributed by atoms with van der Waals surface area (Å²) in [4.78, 5) is 2.42. The van der Waals surface area contributed by atoms with Crippen molar-refractivity contribution in [1.82, 2.24) is 0 Å². The summed E-state index contributed by atoms with van der Waals surface area (Å²) in [5.74, 6) is 0. The van der Waals surface area contributed by atoms with E-state index < -0.39 is 5.60 Å². The van der Waals surface area contributed by atoms with Crippen LogP contribution in [0.2, 0.25) is 0 Å². The predicted octanol–water partition coefficient (Wildman–Crippen LogP) is 2.24. The minimum Gasteiger partial charge on any atom is -0.389 e. The van der Waals surface area contributed by atoms with Gasteiger partial charge in [-0.05, 0) is 51.7 Å². The van der Waals surface area contributed by atoms with Crippen LogP contribution in [-0.2, 0) is 6.42 Å². The first-order valence-electron chi connectivity index (χ1n) is 7.21. The Bertz CT molecular complexity index is 442. The molecule has 19 heavy (non-hydrogen) atoms. The maximum atomic E-state index is 10.2. The van der Waals surface area contributed by atoms with Crippen LogP contribution in [0.3, 0.4) is 0 Å². The van der Waals surface area contributed by atoms with Gasteiger partial charge in [0.15, 0.2) is 0 Å². The largest absolute Gasteiger partial charge is 0.389 e. The Hall–Kier alpha value is -1.06. The van der Waals surface area contributed by atoms with Gasteiger partial charge in [-0.25, -0.2) is 0 Å². The Kier molecular flexibility index (Phi) is 4.16. The highest BCUT2D eigenvalue weighted by Gasteiger charge is 2.27. The first-order valence-corrected chi connectivity index (χ1v) is 7.21. The maximum absolute atomic E-state index is 10.2. The molecule has 106 valence electrons. The second kappa shape index (κ2) is 5.51. The summed E-state index contributed by atoms with van der Waals surface area (Å²) >= 11 is 0. The Morgan fingerprint density at radius 1 is 1.47 bits per heavy atom. The van der Waals surface area contributed by atoms with Crippen LogP contribution in [0.5, 0.6) is 0 Å². The molecule has 0 spiro atoms. The summed E-state index contributed by atoms with van der Waals surface area (Å²) in [5.41, 5.74) is 8.94. The van der Waals surface area contributed by atoms with Gasteiger partial charge in [0.05, 0.1) is 5.60 Å². The van der Waals surface area contributed by atoms with E-state index in [2.05, 4.69) is 36.9 Å². The third kappa shape index (κ3) is 3.28. The molecule has 1 aliphatic heterocycles. The molecule has 0 fully saturated rings. The number of rotatable bonds is 4. The average molecular weight is 262 g/mol. The van der Waals surface area contributed by atoms with Crippen molar-refractivity contribution < 1.29 is 5.11 Å². The topological polar surface area (TPSA) is 49.5 Å². The number of nitrogens with two attached hydrogens (primary N) is 1. The molecule has 1 heterocycles. The van der Waals surface area contributed by atoms with Crippen molar-refractivity contribution in [3.05, 3.63) is 29.3 Å². The zero-order valence-electron chi connectivity index (χ0n) is 12.3. The van der Waals surface area contributed by atoms with E-state index in [0.717, 1.165) is 13.0 Å². The summed E-state index contributed by atoms with van der Waals surface area (Å²) in [6.45, 7) is 7.52. The van der Waals surface area contributed by atoms with E-state index in [1.807, 2.05) is 6.92 Å². The summed E-state index contributed by atoms with van der Waals surface area (Å²) in [6.07, 6.45) is 3.05. The van der Waals surface area contributed by atoms with Gasteiger partial charge in [0.25, 0.3) is 0 Å². The molecule has 1 aromatic rings. The zero-order chi connectivity index (χ0) is 14.0. The predicted molar refractivity (Wildman–Crippen MR) is 80.6 cm³/mol. The summed E-state index contributed by atoms with van der Waals surface area (Å²) in [7, 11) is 0. The highest BCUT2D eigenvalue weighted by molar-refractivity contribution is 5.57. The van der Waals surface area contributed by atoms with Gasteiger partial charge in [0, 0.05) is 24.8 Å². The number of nitrogens with zero attached hydrogens (tertiary/aromatic N) is 1. The lowest BCUT2D eigenvalue weighted by Crippen LogP contribution is -2.45. The third-order valence-corrected chi connectivity index (χ3v) is 4.10. The van der Waals surface area contributed by atoms with Gasteiger partial charge in [-0.3, -0.25) is 0 Å². The van der Waals surface area contributed by atoms with E-state index in [0.29, 0.717) is 19.0 Å². The van der Waals surface area contributed by atoms with Crippen molar-refractivity contribution >= 4 is 5.69 Å². The van der Waals surface area contributed by atoms with Gasteiger partial charge >= 0.3 is 0 Å². The van der Waals surface area contributed by atoms with Gasteiger partial charge in [-0.1, -0.05) is 17.7 Å². The molecule has 1 aromatic carbocycles. The van der Waals surface area contributed by atoms with Gasteiger partial charge in [-0.15, -0.1) is 0 Å². The van der Waals surface area contributed by atoms with Crippen molar-refractivity contribution in [2.45, 2.75) is 51.7 Å². The van der Waals surface area contributed by atoms with Crippen molar-refractivity contribution in [3.63, 3.8) is 0 Å². The lowest BCUT2D eigenvalue weighted by atomic mass is 9.93. The summed E-state index contributed by atoms with van der Waals surface area (Å²) in [5, 5.41) is 10.2. The third-order valence-electron chi connectivity index (χ3n) is 4.10. The Labute approximate surface area is 116 Å². The van der Waals surface area contributed by atoms with E-state index >= 15 is 0 Å². The Balaban J connectivity index is 2.19. The van der Waals surface area contributed by atoms with Crippen LogP contribution in [0, 0.1) is 6.92 Å². The molecule has 0 radical (unpaired) electrons. The van der Waals surface area contributed by atoms with Crippen LogP contribution in [0.25, 0.3) is 0 Å². The lowest BCUT2D eigenvalue weighted by Gasteiger charge is -2.39. The minimum absolute atomic E-state index is 0.306. The van der Waals surface area contributed by atoms with Crippen LogP contribution < -0.4 is 10.6 Å². The molecule has 0 aromatic heterocycles. The quantitative estimate of drug-likeness (QED) is 0.875. The molecule has 1 aliphatic rings. The molecular weight excluding hydrogens is 236 g/mol. The second-order valence-corrected chi connectivity index (χ2v) is 6.18. The fourth-order valence-electron chi connectivity index (χ4n) is 3.04. The first-order chi connectivity index (χ1) is 8.93. The monoisotopic (exact) mass is 262 g/mol. The van der Waals surface area contributed by atoms with Gasteiger partial charge in [0.1, 0.15) is 0 Å². The lowest BCUT2D eigenvalue weighted by molar-refractivity contribution is 0.0535. The van der Waals surface area contributed by atoms with Crippen LogP contribution in [0.15, 0.2) is 18.2 Å². The highest BCUT2D eigenvalue weighted by Crippen LogP contribution is 2.31. The number of aliphatic hydroxyl groups is 1. The molecule has 3 nitrogen and oxygen atoms in total. The highest BCUT2D eigenvalue weighted by atomic mass is 16.3. The van der Waals surface area contributed by atoms with Crippen molar-refractivity contribution in [3.8, 4) is 0 Å². The average Bonchev–Trinajstić information content (AvgIpc) is 2.37. The molecule has 2 atom stereocenters. The van der Waals surface area contributed by atoms with Gasteiger partial charge in [0.2, 0.25) is 0 Å². The molecule has 0 bridgehead atoms. The molecule has 0 saturated carbocycles. The second-order valence-electron chi connectivity index (χ2n) is 6.18. The fraction of sp³-hybridized carbons (Fsp3) is 0.625. The fourth-order valence-corrected chi connectivity index (χ4v) is 3.04. The summed E-state index contributed by atoms with van der Waals surface area (Å²) < 4.78 is 0. The normalized spacial score (nSPS) is 19.7. The maximum Gasteiger partial charge on any atom is 0.0760 e. The molecule has 0 saturated heterocycles. The molecule has 2 rings (SSSR count). The van der Waals surface area contributed by atoms with Crippen molar-refractivity contribution in [1.29, 1.82) is 0 Å². The Morgan fingerprint density at radius 3 is 2.89 bits per heavy atom. The number of fused-ring (bicyclic) bond motifs is 1. The van der Waals surface area contributed by atoms with E-state index in [-0.39, 0.29) is 0 Å². The zero-order valence-corrected chi connectivity index (χ0v) is 12.3. The van der Waals surface area contributed by atoms with Crippen molar-refractivity contribution in [2.24, 2.45) is 5.73 Å². The SMILES string of the molecule is Cc1ccc2c(c1)CCCN2C(C)CC(C)(O)CN. The van der Waals surface area contributed by atoms with E-state index in [4.69, 9.17) is 5.73 Å². The number of benzene rings is 1. The molecular formula is C16H26N2O. The van der Waals surface area contributed by atoms with Crippen molar-refractivity contribution in [2.75, 3.05) is 18.0 Å². The van der Waals surface area contributed by atoms with Crippen LogP contribution in [0.1, 0.15) is 37.8 Å². The molecule has 3 N–H and O–H groups in total. The van der Waals surface area contributed by atoms with Crippen LogP contribution >= 0.6 is 0 Å². The van der Waals surface area contributed by atoms with E-state index in [1.165, 1.54) is 23.2 Å². The first kappa shape index (κ1) is 14.4. The smallest absolute Gasteiger partial charge is 0.0760 e. The molecule has 3 heteroatoms. The van der Waals surface area contributed by atoms with E-state index in [1.54, 1.807) is 0 Å². The molecule has 0 aliphatic carbocycles. The number of hydrogen-bond donors (Lipinski definition) is 2. The number of hydrogen-bond acceptors (Lipinski definition) is 3. The van der Waals surface area contributed by atoms with Gasteiger partial charge in [-0.2, -0.15) is 0 Å². The number of anilines is 1. The minimum atomic E-state index is -0.776. The van der Waals surface area contributed by atoms with E-state index in [9.17, 15) is 5.11 Å². The van der Waals surface area contributed by atoms with Gasteiger partial charge < -0.3 is 15.7 Å². The Morgan fingerprint density at radius 2 is 2.21 bits per heavy atom. The standard InChI is InChI=1S/C16H26N2O/c1-12-6-7-15-14(9-12)5-4-8-18(15)13(2)10-16(3,19)11-17/h6-7,9,13,19H,4-5,8,10-11,17H2,1-3H3. The molecule has 2 unspecified atom stereocenters. The van der Waals surface area contributed by atoms with Crippen LogP contribution in [-0.4, -0.2) is 29.8 Å². The van der Waals surface area contributed by atoms with Crippen LogP contribution in [0.4, 0.5) is 5.69 Å². The number of aryl methyl sites for hydroxylation is 2. The molecule has 0 amide bonds.